The number of anilines is 1. The number of rotatable bonds is 5. The molecule has 4 heteroatoms. The quantitative estimate of drug-likeness (QED) is 0.669. The Hall–Kier alpha value is -1.03. The van der Waals surface area contributed by atoms with Gasteiger partial charge in [-0.3, -0.25) is 4.79 Å². The Kier molecular flexibility index (Phi) is 5.48. The van der Waals surface area contributed by atoms with Gasteiger partial charge in [-0.05, 0) is 34.0 Å². The molecule has 1 aromatic carbocycles. The third-order valence-corrected chi connectivity index (χ3v) is 3.49. The van der Waals surface area contributed by atoms with Crippen molar-refractivity contribution >= 4 is 27.6 Å². The number of esters is 1. The maximum atomic E-state index is 11.8. The fraction of sp³-hybridized carbons (Fsp3) is 0.462. The predicted octanol–water partition coefficient (Wildman–Crippen LogP) is 3.48. The Morgan fingerprint density at radius 3 is 2.82 bits per heavy atom. The van der Waals surface area contributed by atoms with Gasteiger partial charge in [-0.1, -0.05) is 31.9 Å². The average molecular weight is 300 g/mol. The highest BCUT2D eigenvalue weighted by Gasteiger charge is 2.23. The van der Waals surface area contributed by atoms with Crippen LogP contribution in [0.5, 0.6) is 0 Å². The number of nitrogen functional groups attached to an aromatic ring is 1. The smallest absolute Gasteiger partial charge is 0.313 e. The van der Waals surface area contributed by atoms with Gasteiger partial charge in [-0.2, -0.15) is 0 Å². The van der Waals surface area contributed by atoms with Crippen LogP contribution in [0.15, 0.2) is 22.7 Å². The van der Waals surface area contributed by atoms with E-state index in [1.54, 1.807) is 0 Å². The van der Waals surface area contributed by atoms with Crippen molar-refractivity contribution in [3.63, 3.8) is 0 Å². The molecule has 2 N–H and O–H groups in total. The van der Waals surface area contributed by atoms with Crippen LogP contribution in [0.4, 0.5) is 5.69 Å². The zero-order valence-corrected chi connectivity index (χ0v) is 11.8. The number of hydrogen-bond donors (Lipinski definition) is 1. The second kappa shape index (κ2) is 6.64. The molecule has 0 aliphatic heterocycles. The number of methoxy groups -OCH3 is 1. The fourth-order valence-electron chi connectivity index (χ4n) is 1.81. The summed E-state index contributed by atoms with van der Waals surface area (Å²) < 4.78 is 5.67. The maximum absolute atomic E-state index is 11.8. The second-order valence-corrected chi connectivity index (χ2v) is 4.82. The van der Waals surface area contributed by atoms with E-state index >= 15 is 0 Å². The van der Waals surface area contributed by atoms with Gasteiger partial charge in [-0.25, -0.2) is 0 Å². The first-order valence-electron chi connectivity index (χ1n) is 5.73. The predicted molar refractivity (Wildman–Crippen MR) is 72.8 cm³/mol. The summed E-state index contributed by atoms with van der Waals surface area (Å²) >= 11 is 3.38. The number of ether oxygens (including phenoxy) is 1. The van der Waals surface area contributed by atoms with E-state index in [1.807, 2.05) is 18.2 Å². The molecule has 0 spiro atoms. The molecule has 0 heterocycles. The molecular formula is C13H18BrNO2. The largest absolute Gasteiger partial charge is 0.469 e. The lowest BCUT2D eigenvalue weighted by Crippen LogP contribution is -2.16. The minimum atomic E-state index is -0.266. The molecule has 0 aromatic heterocycles. The van der Waals surface area contributed by atoms with Crippen molar-refractivity contribution in [2.75, 3.05) is 12.8 Å². The van der Waals surface area contributed by atoms with Crippen LogP contribution < -0.4 is 5.73 Å². The van der Waals surface area contributed by atoms with Crippen LogP contribution in [0.25, 0.3) is 0 Å². The van der Waals surface area contributed by atoms with Crippen LogP contribution in [-0.4, -0.2) is 13.1 Å². The van der Waals surface area contributed by atoms with Gasteiger partial charge in [0.25, 0.3) is 0 Å². The highest BCUT2D eigenvalue weighted by atomic mass is 79.9. The molecular weight excluding hydrogens is 282 g/mol. The van der Waals surface area contributed by atoms with Crippen molar-refractivity contribution in [2.24, 2.45) is 0 Å². The van der Waals surface area contributed by atoms with E-state index in [-0.39, 0.29) is 11.9 Å². The van der Waals surface area contributed by atoms with Gasteiger partial charge < -0.3 is 10.5 Å². The normalized spacial score (nSPS) is 12.2. The molecule has 17 heavy (non-hydrogen) atoms. The first kappa shape index (κ1) is 14.0. The Morgan fingerprint density at radius 1 is 1.53 bits per heavy atom. The topological polar surface area (TPSA) is 52.3 Å². The first-order valence-corrected chi connectivity index (χ1v) is 6.52. The molecule has 1 unspecified atom stereocenters. The molecule has 0 bridgehead atoms. The Bertz CT molecular complexity index is 393. The van der Waals surface area contributed by atoms with Crippen molar-refractivity contribution in [3.8, 4) is 0 Å². The van der Waals surface area contributed by atoms with Crippen LogP contribution in [0.3, 0.4) is 0 Å². The molecule has 0 radical (unpaired) electrons. The van der Waals surface area contributed by atoms with Crippen LogP contribution in [0.1, 0.15) is 37.7 Å². The summed E-state index contributed by atoms with van der Waals surface area (Å²) in [6.07, 6.45) is 2.79. The zero-order valence-electron chi connectivity index (χ0n) is 10.2. The number of halogens is 1. The van der Waals surface area contributed by atoms with Crippen LogP contribution in [0.2, 0.25) is 0 Å². The van der Waals surface area contributed by atoms with E-state index in [1.165, 1.54) is 7.11 Å². The van der Waals surface area contributed by atoms with Crippen LogP contribution >= 0.6 is 15.9 Å². The van der Waals surface area contributed by atoms with Gasteiger partial charge in [0.05, 0.1) is 13.0 Å². The molecule has 0 fully saturated rings. The molecule has 0 saturated carbocycles. The Morgan fingerprint density at radius 2 is 2.24 bits per heavy atom. The van der Waals surface area contributed by atoms with E-state index in [0.717, 1.165) is 29.3 Å². The standard InChI is InChI=1S/C13H18BrNO2/c1-3-4-6-10(13(16)17-2)9-7-5-8-11(14)12(9)15/h5,7-8,10H,3-4,6,15H2,1-2H3. The summed E-state index contributed by atoms with van der Waals surface area (Å²) in [6.45, 7) is 2.10. The molecule has 1 rings (SSSR count). The number of hydrogen-bond acceptors (Lipinski definition) is 3. The Balaban J connectivity index is 3.03. The van der Waals surface area contributed by atoms with Gasteiger partial charge in [0.2, 0.25) is 0 Å². The van der Waals surface area contributed by atoms with E-state index in [2.05, 4.69) is 22.9 Å². The van der Waals surface area contributed by atoms with E-state index < -0.39 is 0 Å². The number of carbonyl (C=O) groups excluding carboxylic acids is 1. The van der Waals surface area contributed by atoms with Gasteiger partial charge in [0, 0.05) is 10.2 Å². The lowest BCUT2D eigenvalue weighted by atomic mass is 9.92. The minimum Gasteiger partial charge on any atom is -0.469 e. The number of para-hydroxylation sites is 1. The minimum absolute atomic E-state index is 0.219. The monoisotopic (exact) mass is 299 g/mol. The van der Waals surface area contributed by atoms with Crippen molar-refractivity contribution in [1.29, 1.82) is 0 Å². The van der Waals surface area contributed by atoms with E-state index in [9.17, 15) is 4.79 Å². The van der Waals surface area contributed by atoms with Crippen molar-refractivity contribution in [1.82, 2.24) is 0 Å². The molecule has 0 aliphatic rings. The Labute approximate surface area is 110 Å². The second-order valence-electron chi connectivity index (χ2n) is 3.96. The van der Waals surface area contributed by atoms with Gasteiger partial charge >= 0.3 is 5.97 Å². The van der Waals surface area contributed by atoms with Crippen molar-refractivity contribution in [2.45, 2.75) is 32.1 Å². The third kappa shape index (κ3) is 3.46. The van der Waals surface area contributed by atoms with Crippen LogP contribution in [0, 0.1) is 0 Å². The number of benzene rings is 1. The maximum Gasteiger partial charge on any atom is 0.313 e. The third-order valence-electron chi connectivity index (χ3n) is 2.79. The molecule has 94 valence electrons. The molecule has 1 atom stereocenters. The lowest BCUT2D eigenvalue weighted by molar-refractivity contribution is -0.142. The number of unbranched alkanes of at least 4 members (excludes halogenated alkanes) is 1. The molecule has 0 amide bonds. The first-order chi connectivity index (χ1) is 8.11. The molecule has 1 aromatic rings. The zero-order chi connectivity index (χ0) is 12.8. The number of carbonyl (C=O) groups is 1. The average Bonchev–Trinajstić information content (AvgIpc) is 2.34. The highest BCUT2D eigenvalue weighted by molar-refractivity contribution is 9.10. The van der Waals surface area contributed by atoms with E-state index in [4.69, 9.17) is 10.5 Å². The van der Waals surface area contributed by atoms with Gasteiger partial charge in [0.1, 0.15) is 0 Å². The summed E-state index contributed by atoms with van der Waals surface area (Å²) in [5.74, 6) is -0.485. The number of nitrogens with two attached hydrogens (primary N) is 1. The van der Waals surface area contributed by atoms with E-state index in [0.29, 0.717) is 5.69 Å². The summed E-state index contributed by atoms with van der Waals surface area (Å²) in [6, 6.07) is 5.64. The van der Waals surface area contributed by atoms with Crippen LogP contribution in [-0.2, 0) is 9.53 Å². The van der Waals surface area contributed by atoms with Crippen molar-refractivity contribution in [3.05, 3.63) is 28.2 Å². The summed E-state index contributed by atoms with van der Waals surface area (Å²) in [5, 5.41) is 0. The van der Waals surface area contributed by atoms with Gasteiger partial charge in [0.15, 0.2) is 0 Å². The van der Waals surface area contributed by atoms with Gasteiger partial charge in [-0.15, -0.1) is 0 Å². The molecule has 0 aliphatic carbocycles. The summed E-state index contributed by atoms with van der Waals surface area (Å²) in [4.78, 5) is 11.8. The molecule has 3 nitrogen and oxygen atoms in total. The fourth-order valence-corrected chi connectivity index (χ4v) is 2.19. The summed E-state index contributed by atoms with van der Waals surface area (Å²) in [5.41, 5.74) is 7.46. The summed E-state index contributed by atoms with van der Waals surface area (Å²) in [7, 11) is 1.41. The lowest BCUT2D eigenvalue weighted by Gasteiger charge is -2.17. The highest BCUT2D eigenvalue weighted by Crippen LogP contribution is 2.32. The molecule has 0 saturated heterocycles. The van der Waals surface area contributed by atoms with Crippen molar-refractivity contribution < 1.29 is 9.53 Å². The SMILES string of the molecule is CCCCC(C(=O)OC)c1cccc(Br)c1N.